The number of hydrogen-bond donors (Lipinski definition) is 1. The molecule has 0 aromatic heterocycles. The minimum atomic E-state index is -0.462. The molecule has 1 aromatic rings. The Morgan fingerprint density at radius 2 is 1.79 bits per heavy atom. The number of rotatable bonds is 2. The van der Waals surface area contributed by atoms with Crippen LogP contribution in [0.1, 0.15) is 25.0 Å². The first-order valence-corrected chi connectivity index (χ1v) is 4.08. The van der Waals surface area contributed by atoms with E-state index >= 15 is 0 Å². The summed E-state index contributed by atoms with van der Waals surface area (Å²) < 4.78 is 12.4. The van der Waals surface area contributed by atoms with Gasteiger partial charge in [-0.1, -0.05) is 19.1 Å². The zero-order valence-corrected chi connectivity index (χ0v) is 7.74. The quantitative estimate of drug-likeness (QED) is 0.786. The number of halogens is 1. The van der Waals surface area contributed by atoms with E-state index in [0.29, 0.717) is 6.42 Å². The monoisotopic (exact) mass is 198 g/mol. The lowest BCUT2D eigenvalue weighted by Gasteiger charge is -2.06. The second-order valence-corrected chi connectivity index (χ2v) is 2.56. The Hall–Kier alpha value is -1.51. The van der Waals surface area contributed by atoms with Crippen molar-refractivity contribution in [1.82, 2.24) is 0 Å². The molecule has 3 nitrogen and oxygen atoms in total. The van der Waals surface area contributed by atoms with Gasteiger partial charge in [-0.25, -0.2) is 4.39 Å². The first-order chi connectivity index (χ1) is 6.65. The molecule has 1 N–H and O–H groups in total. The van der Waals surface area contributed by atoms with Crippen LogP contribution in [0, 0.1) is 5.82 Å². The third kappa shape index (κ3) is 4.50. The molecule has 0 heterocycles. The first-order valence-electron chi connectivity index (χ1n) is 4.08. The van der Waals surface area contributed by atoms with Crippen molar-refractivity contribution in [3.05, 3.63) is 35.6 Å². The van der Waals surface area contributed by atoms with Crippen molar-refractivity contribution in [1.29, 1.82) is 0 Å². The van der Waals surface area contributed by atoms with Gasteiger partial charge in [0, 0.05) is 0 Å². The van der Waals surface area contributed by atoms with E-state index in [1.54, 1.807) is 12.1 Å². The number of aliphatic hydroxyl groups excluding tert-OH is 1. The normalized spacial score (nSPS) is 10.8. The third-order valence-corrected chi connectivity index (χ3v) is 1.64. The van der Waals surface area contributed by atoms with E-state index < -0.39 is 6.10 Å². The fraction of sp³-hybridized carbons (Fsp3) is 0.300. The van der Waals surface area contributed by atoms with E-state index in [1.165, 1.54) is 12.1 Å². The Bertz CT molecular complexity index is 289. The van der Waals surface area contributed by atoms with Crippen LogP contribution in [0.2, 0.25) is 0 Å². The van der Waals surface area contributed by atoms with Gasteiger partial charge in [-0.15, -0.1) is 0 Å². The summed E-state index contributed by atoms with van der Waals surface area (Å²) in [6.45, 7) is 1.88. The summed E-state index contributed by atoms with van der Waals surface area (Å²) in [5.74, 6) is -0.267. The zero-order valence-electron chi connectivity index (χ0n) is 7.74. The van der Waals surface area contributed by atoms with E-state index in [1.807, 2.05) is 6.92 Å². The van der Waals surface area contributed by atoms with Crippen molar-refractivity contribution in [3.8, 4) is 0 Å². The van der Waals surface area contributed by atoms with Gasteiger partial charge in [0.25, 0.3) is 0 Å². The number of carbonyl (C=O) groups excluding carboxylic acids is 2. The van der Waals surface area contributed by atoms with Crippen LogP contribution in [-0.4, -0.2) is 11.3 Å². The van der Waals surface area contributed by atoms with Crippen LogP contribution in [-0.2, 0) is 9.59 Å². The Kier molecular flexibility index (Phi) is 6.20. The lowest BCUT2D eigenvalue weighted by molar-refractivity contribution is -0.191. The predicted octanol–water partition coefficient (Wildman–Crippen LogP) is 1.69. The molecule has 0 bridgehead atoms. The van der Waals surface area contributed by atoms with E-state index in [2.05, 4.69) is 0 Å². The molecular formula is C10H11FO3. The van der Waals surface area contributed by atoms with Crippen LogP contribution in [0.15, 0.2) is 24.3 Å². The molecule has 4 heteroatoms. The number of hydrogen-bond acceptors (Lipinski definition) is 3. The summed E-state index contributed by atoms with van der Waals surface area (Å²) in [6, 6.07) is 5.91. The predicted molar refractivity (Wildman–Crippen MR) is 46.7 cm³/mol. The van der Waals surface area contributed by atoms with Gasteiger partial charge in [0.1, 0.15) is 5.82 Å². The molecule has 0 radical (unpaired) electrons. The topological polar surface area (TPSA) is 54.4 Å². The minimum Gasteiger partial charge on any atom is -0.388 e. The van der Waals surface area contributed by atoms with Crippen molar-refractivity contribution >= 4 is 6.15 Å². The highest BCUT2D eigenvalue weighted by molar-refractivity contribution is 5.20. The fourth-order valence-electron chi connectivity index (χ4n) is 0.921. The molecule has 1 rings (SSSR count). The van der Waals surface area contributed by atoms with Crippen molar-refractivity contribution in [2.75, 3.05) is 0 Å². The SMILES string of the molecule is CCC(O)c1ccc(F)cc1.O=C=O. The molecule has 1 atom stereocenters. The number of benzene rings is 1. The van der Waals surface area contributed by atoms with Crippen LogP contribution in [0.3, 0.4) is 0 Å². The minimum absolute atomic E-state index is 0.250. The van der Waals surface area contributed by atoms with E-state index in [-0.39, 0.29) is 12.0 Å². The maximum atomic E-state index is 12.4. The summed E-state index contributed by atoms with van der Waals surface area (Å²) in [7, 11) is 0. The first kappa shape index (κ1) is 12.5. The van der Waals surface area contributed by atoms with Crippen LogP contribution < -0.4 is 0 Å². The largest absolute Gasteiger partial charge is 0.388 e. The average molecular weight is 198 g/mol. The van der Waals surface area contributed by atoms with Crippen molar-refractivity contribution < 1.29 is 19.1 Å². The second kappa shape index (κ2) is 6.95. The zero-order chi connectivity index (χ0) is 11.0. The molecule has 0 amide bonds. The molecule has 14 heavy (non-hydrogen) atoms. The van der Waals surface area contributed by atoms with Gasteiger partial charge in [0.05, 0.1) is 6.10 Å². The van der Waals surface area contributed by atoms with E-state index in [4.69, 9.17) is 9.59 Å². The van der Waals surface area contributed by atoms with Gasteiger partial charge in [0.15, 0.2) is 0 Å². The van der Waals surface area contributed by atoms with Gasteiger partial charge in [0.2, 0.25) is 0 Å². The molecule has 0 spiro atoms. The Labute approximate surface area is 81.2 Å². The Balaban J connectivity index is 0.000000500. The van der Waals surface area contributed by atoms with Gasteiger partial charge < -0.3 is 5.11 Å². The van der Waals surface area contributed by atoms with Crippen molar-refractivity contribution in [3.63, 3.8) is 0 Å². The summed E-state index contributed by atoms with van der Waals surface area (Å²) in [5.41, 5.74) is 0.772. The van der Waals surface area contributed by atoms with Gasteiger partial charge in [-0.2, -0.15) is 9.59 Å². The standard InChI is InChI=1S/C9H11FO.CO2/c1-2-9(11)7-3-5-8(10)6-4-7;2-1-3/h3-6,9,11H,2H2,1H3;. The maximum absolute atomic E-state index is 12.4. The smallest absolute Gasteiger partial charge is 0.373 e. The molecule has 0 aliphatic heterocycles. The van der Waals surface area contributed by atoms with Crippen LogP contribution >= 0.6 is 0 Å². The maximum Gasteiger partial charge on any atom is 0.373 e. The highest BCUT2D eigenvalue weighted by atomic mass is 19.1. The summed E-state index contributed by atoms with van der Waals surface area (Å²) in [5, 5.41) is 9.30. The molecule has 1 aromatic carbocycles. The molecular weight excluding hydrogens is 187 g/mol. The van der Waals surface area contributed by atoms with Crippen LogP contribution in [0.4, 0.5) is 4.39 Å². The molecule has 0 aliphatic carbocycles. The summed E-state index contributed by atoms with van der Waals surface area (Å²) in [6.07, 6.45) is 0.446. The highest BCUT2D eigenvalue weighted by Gasteiger charge is 2.02. The molecule has 76 valence electrons. The summed E-state index contributed by atoms with van der Waals surface area (Å²) in [4.78, 5) is 16.2. The van der Waals surface area contributed by atoms with Gasteiger partial charge >= 0.3 is 6.15 Å². The fourth-order valence-corrected chi connectivity index (χ4v) is 0.921. The van der Waals surface area contributed by atoms with E-state index in [0.717, 1.165) is 5.56 Å². The lowest BCUT2D eigenvalue weighted by Crippen LogP contribution is -1.94. The van der Waals surface area contributed by atoms with E-state index in [9.17, 15) is 9.50 Å². The van der Waals surface area contributed by atoms with Gasteiger partial charge in [-0.05, 0) is 24.1 Å². The molecule has 1 unspecified atom stereocenters. The molecule has 0 aliphatic rings. The summed E-state index contributed by atoms with van der Waals surface area (Å²) >= 11 is 0. The highest BCUT2D eigenvalue weighted by Crippen LogP contribution is 2.15. The van der Waals surface area contributed by atoms with Crippen LogP contribution in [0.25, 0.3) is 0 Å². The third-order valence-electron chi connectivity index (χ3n) is 1.64. The van der Waals surface area contributed by atoms with Crippen molar-refractivity contribution in [2.24, 2.45) is 0 Å². The lowest BCUT2D eigenvalue weighted by atomic mass is 10.1. The molecule has 0 saturated heterocycles. The molecule has 0 saturated carbocycles. The second-order valence-electron chi connectivity index (χ2n) is 2.56. The average Bonchev–Trinajstić information content (AvgIpc) is 2.19. The van der Waals surface area contributed by atoms with Gasteiger partial charge in [-0.3, -0.25) is 0 Å². The van der Waals surface area contributed by atoms with Crippen LogP contribution in [0.5, 0.6) is 0 Å². The Morgan fingerprint density at radius 1 is 1.36 bits per heavy atom. The number of aliphatic hydroxyl groups is 1. The molecule has 0 fully saturated rings. The van der Waals surface area contributed by atoms with Crippen molar-refractivity contribution in [2.45, 2.75) is 19.4 Å². The Morgan fingerprint density at radius 3 is 2.14 bits per heavy atom.